The molecular formula is C9H7NO3. The molecular weight excluding hydrogens is 170 g/mol. The maximum Gasteiger partial charge on any atom is 0.384 e. The zero-order valence-corrected chi connectivity index (χ0v) is 6.96. The summed E-state index contributed by atoms with van der Waals surface area (Å²) in [6, 6.07) is 1.54. The molecule has 0 bridgehead atoms. The Labute approximate surface area is 74.9 Å². The summed E-state index contributed by atoms with van der Waals surface area (Å²) in [4.78, 5) is 23.5. The van der Waals surface area contributed by atoms with Crippen LogP contribution in [0.15, 0.2) is 12.3 Å². The second-order valence-corrected chi connectivity index (χ2v) is 2.20. The van der Waals surface area contributed by atoms with E-state index in [-0.39, 0.29) is 0 Å². The van der Waals surface area contributed by atoms with Crippen molar-refractivity contribution in [3.8, 4) is 11.8 Å². The third-order valence-electron chi connectivity index (χ3n) is 1.33. The first-order chi connectivity index (χ1) is 6.26. The Bertz CT molecular complexity index is 381. The number of aromatic amines is 1. The number of methoxy groups -OCH3 is 1. The molecule has 0 aliphatic heterocycles. The number of nitrogens with one attached hydrogen (secondary N) is 1. The molecule has 1 aromatic heterocycles. The second-order valence-electron chi connectivity index (χ2n) is 2.20. The fourth-order valence-corrected chi connectivity index (χ4v) is 0.726. The van der Waals surface area contributed by atoms with Crippen molar-refractivity contribution in [3.05, 3.63) is 23.5 Å². The molecule has 4 heteroatoms. The lowest BCUT2D eigenvalue weighted by atomic mass is 10.3. The molecule has 1 heterocycles. The third-order valence-corrected chi connectivity index (χ3v) is 1.33. The van der Waals surface area contributed by atoms with E-state index >= 15 is 0 Å². The normalized spacial score (nSPS) is 8.38. The van der Waals surface area contributed by atoms with Gasteiger partial charge in [-0.3, -0.25) is 4.79 Å². The zero-order chi connectivity index (χ0) is 9.68. The van der Waals surface area contributed by atoms with Gasteiger partial charge in [0.2, 0.25) is 0 Å². The monoisotopic (exact) mass is 177 g/mol. The van der Waals surface area contributed by atoms with Crippen LogP contribution in [0, 0.1) is 11.8 Å². The molecule has 0 aliphatic carbocycles. The molecule has 0 saturated carbocycles. The summed E-state index contributed by atoms with van der Waals surface area (Å²) in [7, 11) is 1.25. The Morgan fingerprint density at radius 2 is 2.46 bits per heavy atom. The summed E-state index contributed by atoms with van der Waals surface area (Å²) in [5.74, 6) is 4.17. The van der Waals surface area contributed by atoms with E-state index in [0.717, 1.165) is 0 Å². The van der Waals surface area contributed by atoms with Crippen molar-refractivity contribution in [2.75, 3.05) is 7.11 Å². The first-order valence-electron chi connectivity index (χ1n) is 3.50. The summed E-state index contributed by atoms with van der Waals surface area (Å²) < 4.78 is 4.31. The van der Waals surface area contributed by atoms with Gasteiger partial charge in [-0.1, -0.05) is 5.92 Å². The maximum absolute atomic E-state index is 10.6. The molecule has 0 aliphatic rings. The first kappa shape index (κ1) is 9.07. The number of H-pyrrole nitrogens is 1. The van der Waals surface area contributed by atoms with Crippen molar-refractivity contribution in [2.24, 2.45) is 0 Å². The summed E-state index contributed by atoms with van der Waals surface area (Å²) in [5.41, 5.74) is 1.00. The van der Waals surface area contributed by atoms with E-state index in [1.807, 2.05) is 0 Å². The van der Waals surface area contributed by atoms with Crippen molar-refractivity contribution < 1.29 is 14.3 Å². The fourth-order valence-electron chi connectivity index (χ4n) is 0.726. The minimum atomic E-state index is -0.603. The molecule has 0 spiro atoms. The maximum atomic E-state index is 10.6. The second kappa shape index (κ2) is 4.12. The molecule has 0 aromatic carbocycles. The first-order valence-corrected chi connectivity index (χ1v) is 3.50. The molecule has 0 radical (unpaired) electrons. The highest BCUT2D eigenvalue weighted by Gasteiger charge is 1.94. The van der Waals surface area contributed by atoms with Crippen molar-refractivity contribution >= 4 is 12.3 Å². The Hall–Kier alpha value is -2.02. The van der Waals surface area contributed by atoms with Crippen LogP contribution in [0.25, 0.3) is 0 Å². The van der Waals surface area contributed by atoms with Crippen molar-refractivity contribution in [3.63, 3.8) is 0 Å². The van der Waals surface area contributed by atoms with E-state index in [4.69, 9.17) is 0 Å². The number of aldehydes is 1. The van der Waals surface area contributed by atoms with E-state index in [1.165, 1.54) is 7.11 Å². The highest BCUT2D eigenvalue weighted by Crippen LogP contribution is 1.98. The topological polar surface area (TPSA) is 59.2 Å². The SMILES string of the molecule is COC(=O)C#Cc1c[nH]c(C=O)c1. The quantitative estimate of drug-likeness (QED) is 0.382. The molecule has 0 amide bonds. The molecule has 0 unspecified atom stereocenters. The molecule has 66 valence electrons. The fraction of sp³-hybridized carbons (Fsp3) is 0.111. The van der Waals surface area contributed by atoms with Gasteiger partial charge in [0.05, 0.1) is 12.8 Å². The number of hydrogen-bond acceptors (Lipinski definition) is 3. The summed E-state index contributed by atoms with van der Waals surface area (Å²) in [5, 5.41) is 0. The van der Waals surface area contributed by atoms with Crippen LogP contribution in [0.5, 0.6) is 0 Å². The van der Waals surface area contributed by atoms with Gasteiger partial charge in [0.15, 0.2) is 6.29 Å². The van der Waals surface area contributed by atoms with Crippen molar-refractivity contribution in [2.45, 2.75) is 0 Å². The Kier molecular flexibility index (Phi) is 2.87. The van der Waals surface area contributed by atoms with Crippen molar-refractivity contribution in [1.82, 2.24) is 4.98 Å². The van der Waals surface area contributed by atoms with Crippen LogP contribution in [0.2, 0.25) is 0 Å². The highest BCUT2D eigenvalue weighted by molar-refractivity contribution is 5.89. The van der Waals surface area contributed by atoms with E-state index in [1.54, 1.807) is 12.3 Å². The Morgan fingerprint density at radius 3 is 3.00 bits per heavy atom. The Balaban J connectivity index is 2.77. The predicted molar refractivity (Wildman–Crippen MR) is 45.1 cm³/mol. The number of hydrogen-bond donors (Lipinski definition) is 1. The largest absolute Gasteiger partial charge is 0.459 e. The number of ether oxygens (including phenoxy) is 1. The van der Waals surface area contributed by atoms with Gasteiger partial charge in [0.1, 0.15) is 0 Å². The minimum Gasteiger partial charge on any atom is -0.459 e. The van der Waals surface area contributed by atoms with E-state index in [0.29, 0.717) is 17.5 Å². The number of aromatic nitrogens is 1. The summed E-state index contributed by atoms with van der Waals surface area (Å²) in [6.45, 7) is 0. The molecule has 1 aromatic rings. The van der Waals surface area contributed by atoms with Gasteiger partial charge in [-0.05, 0) is 6.07 Å². The van der Waals surface area contributed by atoms with Crippen LogP contribution in [0.1, 0.15) is 16.1 Å². The predicted octanol–water partition coefficient (Wildman–Crippen LogP) is 0.352. The number of esters is 1. The van der Waals surface area contributed by atoms with Gasteiger partial charge in [-0.2, -0.15) is 0 Å². The van der Waals surface area contributed by atoms with E-state index in [2.05, 4.69) is 21.6 Å². The molecule has 1 N–H and O–H groups in total. The van der Waals surface area contributed by atoms with Gasteiger partial charge in [-0.25, -0.2) is 4.79 Å². The van der Waals surface area contributed by atoms with Gasteiger partial charge in [0, 0.05) is 17.7 Å². The van der Waals surface area contributed by atoms with Crippen LogP contribution >= 0.6 is 0 Å². The van der Waals surface area contributed by atoms with Crippen LogP contribution in [-0.2, 0) is 9.53 Å². The van der Waals surface area contributed by atoms with Crippen LogP contribution in [0.4, 0.5) is 0 Å². The minimum absolute atomic E-state index is 0.425. The van der Waals surface area contributed by atoms with Crippen LogP contribution in [0.3, 0.4) is 0 Å². The lowest BCUT2D eigenvalue weighted by molar-refractivity contribution is -0.133. The van der Waals surface area contributed by atoms with Crippen LogP contribution < -0.4 is 0 Å². The van der Waals surface area contributed by atoms with Gasteiger partial charge < -0.3 is 9.72 Å². The lowest BCUT2D eigenvalue weighted by Crippen LogP contribution is -1.94. The average molecular weight is 177 g/mol. The summed E-state index contributed by atoms with van der Waals surface area (Å²) >= 11 is 0. The highest BCUT2D eigenvalue weighted by atomic mass is 16.5. The van der Waals surface area contributed by atoms with Gasteiger partial charge in [0.25, 0.3) is 0 Å². The molecule has 0 atom stereocenters. The van der Waals surface area contributed by atoms with E-state index < -0.39 is 5.97 Å². The van der Waals surface area contributed by atoms with E-state index in [9.17, 15) is 9.59 Å². The lowest BCUT2D eigenvalue weighted by Gasteiger charge is -1.83. The molecule has 4 nitrogen and oxygen atoms in total. The van der Waals surface area contributed by atoms with Gasteiger partial charge >= 0.3 is 5.97 Å². The zero-order valence-electron chi connectivity index (χ0n) is 6.96. The Morgan fingerprint density at radius 1 is 1.69 bits per heavy atom. The standard InChI is InChI=1S/C9H7NO3/c1-13-9(12)3-2-7-4-8(6-11)10-5-7/h4-6,10H,1H3. The molecule has 0 fully saturated rings. The molecule has 1 rings (SSSR count). The summed E-state index contributed by atoms with van der Waals surface area (Å²) in [6.07, 6.45) is 2.21. The van der Waals surface area contributed by atoms with Crippen molar-refractivity contribution in [1.29, 1.82) is 0 Å². The number of rotatable bonds is 1. The number of carbonyl (C=O) groups excluding carboxylic acids is 2. The third kappa shape index (κ3) is 2.49. The smallest absolute Gasteiger partial charge is 0.384 e. The van der Waals surface area contributed by atoms with Crippen LogP contribution in [-0.4, -0.2) is 24.3 Å². The molecule has 13 heavy (non-hydrogen) atoms. The average Bonchev–Trinajstić information content (AvgIpc) is 2.61. The molecule has 0 saturated heterocycles. The number of carbonyl (C=O) groups is 2. The van der Waals surface area contributed by atoms with Gasteiger partial charge in [-0.15, -0.1) is 0 Å².